The molecule has 5 rings (SSSR count). The van der Waals surface area contributed by atoms with Crippen LogP contribution >= 0.6 is 0 Å². The maximum atomic E-state index is 12.5. The number of para-hydroxylation sites is 1. The first-order chi connectivity index (χ1) is 21.2. The van der Waals surface area contributed by atoms with Crippen LogP contribution in [0.25, 0.3) is 22.2 Å². The molecule has 1 fully saturated rings. The Morgan fingerprint density at radius 1 is 1.20 bits per heavy atom. The van der Waals surface area contributed by atoms with Crippen molar-refractivity contribution in [2.24, 2.45) is 18.9 Å². The molecule has 0 unspecified atom stereocenters. The fourth-order valence-corrected chi connectivity index (χ4v) is 6.42. The predicted molar refractivity (Wildman–Crippen MR) is 180 cm³/mol. The minimum Gasteiger partial charge on any atom is -0.496 e. The standard InChI is InChI=1S/C36H46N6O2/c1-7-36(43)39-31-21-27(22-35-37-15-12-30(38-35)29-24-41(5)32-11-9-8-10-28(29)32)34(44-6)23-33(31)40(4)18-19-42-16-13-26(14-17-42)20-25(2)3/h7-12,15,21,23-26H,1,13-14,16-20,22H2,2-6H3,(H,39,43). The lowest BCUT2D eigenvalue weighted by molar-refractivity contribution is -0.111. The first-order valence-electron chi connectivity index (χ1n) is 15.7. The van der Waals surface area contributed by atoms with Gasteiger partial charge in [0.2, 0.25) is 5.91 Å². The summed E-state index contributed by atoms with van der Waals surface area (Å²) in [5.74, 6) is 2.77. The lowest BCUT2D eigenvalue weighted by Gasteiger charge is -2.34. The van der Waals surface area contributed by atoms with Gasteiger partial charge in [-0.05, 0) is 68.5 Å². The molecular formula is C36H46N6O2. The zero-order valence-corrected chi connectivity index (χ0v) is 26.8. The third-order valence-electron chi connectivity index (χ3n) is 8.74. The number of piperidine rings is 1. The molecule has 232 valence electrons. The van der Waals surface area contributed by atoms with Gasteiger partial charge in [-0.2, -0.15) is 0 Å². The van der Waals surface area contributed by atoms with Crippen molar-refractivity contribution < 1.29 is 9.53 Å². The second kappa shape index (κ2) is 14.1. The average molecular weight is 595 g/mol. The Labute approximate surface area is 261 Å². The molecule has 0 saturated carbocycles. The average Bonchev–Trinajstić information content (AvgIpc) is 3.37. The van der Waals surface area contributed by atoms with Crippen molar-refractivity contribution in [2.75, 3.05) is 50.6 Å². The van der Waals surface area contributed by atoms with Crippen molar-refractivity contribution in [3.63, 3.8) is 0 Å². The largest absolute Gasteiger partial charge is 0.496 e. The number of carbonyl (C=O) groups is 1. The first kappa shape index (κ1) is 31.3. The van der Waals surface area contributed by atoms with Crippen LogP contribution in [0, 0.1) is 11.8 Å². The number of rotatable bonds is 12. The van der Waals surface area contributed by atoms with E-state index in [1.54, 1.807) is 13.3 Å². The van der Waals surface area contributed by atoms with Gasteiger partial charge in [-0.3, -0.25) is 4.79 Å². The van der Waals surface area contributed by atoms with Crippen LogP contribution in [0.3, 0.4) is 0 Å². The third kappa shape index (κ3) is 7.30. The highest BCUT2D eigenvalue weighted by atomic mass is 16.5. The molecule has 1 aliphatic rings. The number of amides is 1. The van der Waals surface area contributed by atoms with Gasteiger partial charge >= 0.3 is 0 Å². The molecule has 0 atom stereocenters. The van der Waals surface area contributed by atoms with Crippen LogP contribution in [-0.2, 0) is 18.3 Å². The van der Waals surface area contributed by atoms with Crippen molar-refractivity contribution in [3.05, 3.63) is 78.9 Å². The van der Waals surface area contributed by atoms with Crippen molar-refractivity contribution in [3.8, 4) is 17.0 Å². The van der Waals surface area contributed by atoms with E-state index in [2.05, 4.69) is 70.5 Å². The molecule has 0 bridgehead atoms. The monoisotopic (exact) mass is 594 g/mol. The highest BCUT2D eigenvalue weighted by Crippen LogP contribution is 2.35. The number of anilines is 2. The number of hydrogen-bond donors (Lipinski definition) is 1. The van der Waals surface area contributed by atoms with Gasteiger partial charge in [0.05, 0.1) is 24.2 Å². The lowest BCUT2D eigenvalue weighted by Crippen LogP contribution is -2.39. The highest BCUT2D eigenvalue weighted by molar-refractivity contribution is 6.01. The molecule has 1 saturated heterocycles. The molecule has 0 spiro atoms. The zero-order chi connectivity index (χ0) is 31.2. The SMILES string of the molecule is C=CC(=O)Nc1cc(Cc2nccc(-c3cn(C)c4ccccc34)n2)c(OC)cc1N(C)CCN1CCC(CC(C)C)CC1. The van der Waals surface area contributed by atoms with Crippen LogP contribution in [0.4, 0.5) is 11.4 Å². The van der Waals surface area contributed by atoms with Gasteiger partial charge in [-0.15, -0.1) is 0 Å². The molecule has 8 heteroatoms. The number of methoxy groups -OCH3 is 1. The molecule has 0 radical (unpaired) electrons. The second-order valence-electron chi connectivity index (χ2n) is 12.4. The smallest absolute Gasteiger partial charge is 0.247 e. The predicted octanol–water partition coefficient (Wildman–Crippen LogP) is 6.55. The fraction of sp³-hybridized carbons (Fsp3) is 0.417. The number of likely N-dealkylation sites (N-methyl/N-ethyl adjacent to an activating group) is 1. The number of aryl methyl sites for hydroxylation is 1. The molecule has 2 aromatic carbocycles. The normalized spacial score (nSPS) is 14.2. The number of likely N-dealkylation sites (tertiary alicyclic amines) is 1. The van der Waals surface area contributed by atoms with Crippen LogP contribution in [0.5, 0.6) is 5.75 Å². The summed E-state index contributed by atoms with van der Waals surface area (Å²) in [4.78, 5) is 26.8. The van der Waals surface area contributed by atoms with Gasteiger partial charge < -0.3 is 24.4 Å². The highest BCUT2D eigenvalue weighted by Gasteiger charge is 2.21. The molecular weight excluding hydrogens is 548 g/mol. The van der Waals surface area contributed by atoms with E-state index in [0.29, 0.717) is 17.9 Å². The lowest BCUT2D eigenvalue weighted by atomic mass is 9.89. The van der Waals surface area contributed by atoms with Gasteiger partial charge in [0.15, 0.2) is 0 Å². The summed E-state index contributed by atoms with van der Waals surface area (Å²) in [6.07, 6.45) is 9.53. The summed E-state index contributed by atoms with van der Waals surface area (Å²) in [6.45, 7) is 12.4. The van der Waals surface area contributed by atoms with E-state index in [4.69, 9.17) is 9.72 Å². The van der Waals surface area contributed by atoms with Crippen molar-refractivity contribution >= 4 is 28.2 Å². The van der Waals surface area contributed by atoms with Crippen LogP contribution < -0.4 is 15.0 Å². The van der Waals surface area contributed by atoms with Crippen LogP contribution in [0.15, 0.2) is 67.5 Å². The summed E-state index contributed by atoms with van der Waals surface area (Å²) >= 11 is 0. The summed E-state index contributed by atoms with van der Waals surface area (Å²) in [7, 11) is 5.80. The molecule has 4 aromatic rings. The maximum Gasteiger partial charge on any atom is 0.247 e. The number of nitrogens with one attached hydrogen (secondary N) is 1. The van der Waals surface area contributed by atoms with Crippen LogP contribution in [0.1, 0.15) is 44.5 Å². The summed E-state index contributed by atoms with van der Waals surface area (Å²) in [5.41, 5.74) is 5.61. The second-order valence-corrected chi connectivity index (χ2v) is 12.4. The fourth-order valence-electron chi connectivity index (χ4n) is 6.42. The van der Waals surface area contributed by atoms with E-state index in [-0.39, 0.29) is 5.91 Å². The van der Waals surface area contributed by atoms with E-state index in [9.17, 15) is 4.79 Å². The Balaban J connectivity index is 1.36. The Morgan fingerprint density at radius 3 is 2.70 bits per heavy atom. The number of ether oxygens (including phenoxy) is 1. The first-order valence-corrected chi connectivity index (χ1v) is 15.7. The number of benzene rings is 2. The number of hydrogen-bond acceptors (Lipinski definition) is 6. The van der Waals surface area contributed by atoms with E-state index < -0.39 is 0 Å². The van der Waals surface area contributed by atoms with Gasteiger partial charge in [-0.1, -0.05) is 38.6 Å². The van der Waals surface area contributed by atoms with Crippen molar-refractivity contribution in [1.82, 2.24) is 19.4 Å². The Morgan fingerprint density at radius 2 is 1.98 bits per heavy atom. The van der Waals surface area contributed by atoms with Crippen molar-refractivity contribution in [2.45, 2.75) is 39.5 Å². The molecule has 2 aromatic heterocycles. The Kier molecular flexibility index (Phi) is 10.0. The van der Waals surface area contributed by atoms with Gasteiger partial charge in [-0.25, -0.2) is 9.97 Å². The molecule has 1 N–H and O–H groups in total. The molecule has 44 heavy (non-hydrogen) atoms. The van der Waals surface area contributed by atoms with Gasteiger partial charge in [0.25, 0.3) is 0 Å². The van der Waals surface area contributed by atoms with Crippen molar-refractivity contribution in [1.29, 1.82) is 0 Å². The van der Waals surface area contributed by atoms with Gasteiger partial charge in [0, 0.05) is 74.1 Å². The van der Waals surface area contributed by atoms with Gasteiger partial charge in [0.1, 0.15) is 11.6 Å². The minimum absolute atomic E-state index is 0.253. The zero-order valence-electron chi connectivity index (χ0n) is 26.8. The van der Waals surface area contributed by atoms with E-state index in [0.717, 1.165) is 77.2 Å². The third-order valence-corrected chi connectivity index (χ3v) is 8.74. The minimum atomic E-state index is -0.253. The molecule has 1 aliphatic heterocycles. The number of nitrogens with zero attached hydrogens (tertiary/aromatic N) is 5. The quantitative estimate of drug-likeness (QED) is 0.188. The van der Waals surface area contributed by atoms with E-state index >= 15 is 0 Å². The number of fused-ring (bicyclic) bond motifs is 1. The molecule has 0 aliphatic carbocycles. The van der Waals surface area contributed by atoms with Crippen LogP contribution in [-0.4, -0.2) is 65.7 Å². The molecule has 1 amide bonds. The Bertz CT molecular complexity index is 1600. The maximum absolute atomic E-state index is 12.5. The molecule has 8 nitrogen and oxygen atoms in total. The number of aromatic nitrogens is 3. The van der Waals surface area contributed by atoms with E-state index in [1.165, 1.54) is 25.3 Å². The van der Waals surface area contributed by atoms with Crippen LogP contribution in [0.2, 0.25) is 0 Å². The summed E-state index contributed by atoms with van der Waals surface area (Å²) in [6, 6.07) is 14.3. The molecule has 3 heterocycles. The summed E-state index contributed by atoms with van der Waals surface area (Å²) < 4.78 is 8.00. The number of carbonyl (C=O) groups excluding carboxylic acids is 1. The summed E-state index contributed by atoms with van der Waals surface area (Å²) in [5, 5.41) is 4.18. The Hall–Kier alpha value is -4.17. The topological polar surface area (TPSA) is 75.5 Å². The van der Waals surface area contributed by atoms with E-state index in [1.807, 2.05) is 37.4 Å².